The standard InChI is InChI=1S/C23H28O7/c1-16(24)27-15-19-20(25)21(28-13-17-9-5-3-6-10-17)22(23(26-2)30-19)29-14-18-11-7-4-8-12-18/h3-12,19-23,25H,13-15H2,1-2H3/t19-,20-,21+,22+,23+/m1/s1. The number of carbonyl (C=O) groups is 1. The van der Waals surface area contributed by atoms with Crippen molar-refractivity contribution in [2.45, 2.75) is 50.8 Å². The zero-order valence-corrected chi connectivity index (χ0v) is 17.2. The minimum atomic E-state index is -1.07. The quantitative estimate of drug-likeness (QED) is 0.629. The normalized spacial score (nSPS) is 26.3. The van der Waals surface area contributed by atoms with Crippen molar-refractivity contribution in [2.24, 2.45) is 0 Å². The predicted molar refractivity (Wildman–Crippen MR) is 108 cm³/mol. The van der Waals surface area contributed by atoms with Crippen LogP contribution < -0.4 is 0 Å². The lowest BCUT2D eigenvalue weighted by Crippen LogP contribution is -2.60. The molecule has 7 nitrogen and oxygen atoms in total. The van der Waals surface area contributed by atoms with Gasteiger partial charge in [-0.05, 0) is 11.1 Å². The molecule has 1 heterocycles. The molecule has 0 radical (unpaired) electrons. The number of ether oxygens (including phenoxy) is 5. The second-order valence-corrected chi connectivity index (χ2v) is 7.09. The fraction of sp³-hybridized carbons (Fsp3) is 0.435. The molecule has 0 unspecified atom stereocenters. The number of hydrogen-bond acceptors (Lipinski definition) is 7. The molecule has 2 aromatic rings. The van der Waals surface area contributed by atoms with Gasteiger partial charge < -0.3 is 28.8 Å². The van der Waals surface area contributed by atoms with Crippen molar-refractivity contribution in [3.05, 3.63) is 71.8 Å². The zero-order chi connectivity index (χ0) is 21.3. The van der Waals surface area contributed by atoms with E-state index in [4.69, 9.17) is 23.7 Å². The van der Waals surface area contributed by atoms with Gasteiger partial charge in [0.25, 0.3) is 0 Å². The van der Waals surface area contributed by atoms with Gasteiger partial charge in [-0.15, -0.1) is 0 Å². The maximum Gasteiger partial charge on any atom is 0.302 e. The molecular formula is C23H28O7. The lowest BCUT2D eigenvalue weighted by molar-refractivity contribution is -0.314. The van der Waals surface area contributed by atoms with Crippen LogP contribution in [0.3, 0.4) is 0 Å². The maximum atomic E-state index is 11.2. The summed E-state index contributed by atoms with van der Waals surface area (Å²) in [6.45, 7) is 1.79. The highest BCUT2D eigenvalue weighted by Gasteiger charge is 2.47. The van der Waals surface area contributed by atoms with E-state index in [2.05, 4.69) is 0 Å². The third-order valence-electron chi connectivity index (χ3n) is 4.87. The van der Waals surface area contributed by atoms with Crippen LogP contribution in [-0.4, -0.2) is 55.5 Å². The Bertz CT molecular complexity index is 768. The van der Waals surface area contributed by atoms with Gasteiger partial charge in [0.1, 0.15) is 31.0 Å². The molecule has 0 aromatic heterocycles. The largest absolute Gasteiger partial charge is 0.463 e. The van der Waals surface area contributed by atoms with E-state index in [-0.39, 0.29) is 13.2 Å². The first kappa shape index (κ1) is 22.4. The van der Waals surface area contributed by atoms with Gasteiger partial charge in [-0.25, -0.2) is 0 Å². The summed E-state index contributed by atoms with van der Waals surface area (Å²) in [6, 6.07) is 19.3. The Labute approximate surface area is 176 Å². The molecule has 162 valence electrons. The van der Waals surface area contributed by atoms with Gasteiger partial charge in [-0.1, -0.05) is 60.7 Å². The molecule has 3 rings (SSSR count). The highest BCUT2D eigenvalue weighted by molar-refractivity contribution is 5.65. The van der Waals surface area contributed by atoms with Crippen LogP contribution in [0.15, 0.2) is 60.7 Å². The Kier molecular flexibility index (Phi) is 8.36. The van der Waals surface area contributed by atoms with Crippen LogP contribution in [0.25, 0.3) is 0 Å². The van der Waals surface area contributed by atoms with E-state index in [1.165, 1.54) is 14.0 Å². The lowest BCUT2D eigenvalue weighted by Gasteiger charge is -2.43. The molecule has 0 spiro atoms. The topological polar surface area (TPSA) is 83.5 Å². The van der Waals surface area contributed by atoms with E-state index in [0.29, 0.717) is 6.61 Å². The van der Waals surface area contributed by atoms with E-state index >= 15 is 0 Å². The van der Waals surface area contributed by atoms with Gasteiger partial charge in [0.15, 0.2) is 6.29 Å². The molecular weight excluding hydrogens is 388 g/mol. The van der Waals surface area contributed by atoms with Crippen LogP contribution in [-0.2, 0) is 41.7 Å². The van der Waals surface area contributed by atoms with E-state index < -0.39 is 36.7 Å². The summed E-state index contributed by atoms with van der Waals surface area (Å²) in [5, 5.41) is 10.9. The minimum Gasteiger partial charge on any atom is -0.463 e. The molecule has 7 heteroatoms. The summed E-state index contributed by atoms with van der Waals surface area (Å²) in [5.74, 6) is -0.455. The Morgan fingerprint density at radius 2 is 1.47 bits per heavy atom. The molecule has 0 saturated carbocycles. The third kappa shape index (κ3) is 6.10. The summed E-state index contributed by atoms with van der Waals surface area (Å²) < 4.78 is 28.5. The molecule has 0 bridgehead atoms. The summed E-state index contributed by atoms with van der Waals surface area (Å²) >= 11 is 0. The lowest BCUT2D eigenvalue weighted by atomic mass is 9.98. The Morgan fingerprint density at radius 3 is 1.97 bits per heavy atom. The Balaban J connectivity index is 1.75. The van der Waals surface area contributed by atoms with Crippen LogP contribution in [0, 0.1) is 0 Å². The molecule has 1 aliphatic heterocycles. The van der Waals surface area contributed by atoms with Crippen LogP contribution in [0.5, 0.6) is 0 Å². The highest BCUT2D eigenvalue weighted by Crippen LogP contribution is 2.28. The number of rotatable bonds is 9. The Hall–Kier alpha value is -2.29. The SMILES string of the molecule is CO[C@H]1O[C@H](COC(C)=O)[C@@H](O)[C@H](OCc2ccccc2)[C@@H]1OCc1ccccc1. The predicted octanol–water partition coefficient (Wildman–Crippen LogP) is 2.45. The van der Waals surface area contributed by atoms with Crippen LogP contribution >= 0.6 is 0 Å². The van der Waals surface area contributed by atoms with E-state index in [0.717, 1.165) is 11.1 Å². The van der Waals surface area contributed by atoms with Crippen LogP contribution in [0.4, 0.5) is 0 Å². The van der Waals surface area contributed by atoms with E-state index in [9.17, 15) is 9.90 Å². The van der Waals surface area contributed by atoms with Crippen molar-refractivity contribution < 1.29 is 33.6 Å². The van der Waals surface area contributed by atoms with E-state index in [1.54, 1.807) is 0 Å². The molecule has 1 fully saturated rings. The smallest absolute Gasteiger partial charge is 0.302 e. The second-order valence-electron chi connectivity index (χ2n) is 7.09. The van der Waals surface area contributed by atoms with Gasteiger partial charge in [0.05, 0.1) is 13.2 Å². The van der Waals surface area contributed by atoms with Gasteiger partial charge in [-0.2, -0.15) is 0 Å². The average Bonchev–Trinajstić information content (AvgIpc) is 2.77. The summed E-state index contributed by atoms with van der Waals surface area (Å²) in [4.78, 5) is 11.2. The average molecular weight is 416 g/mol. The van der Waals surface area contributed by atoms with Crippen LogP contribution in [0.1, 0.15) is 18.1 Å². The Morgan fingerprint density at radius 1 is 0.933 bits per heavy atom. The van der Waals surface area contributed by atoms with Crippen molar-refractivity contribution in [3.63, 3.8) is 0 Å². The first-order chi connectivity index (χ1) is 14.6. The number of aliphatic hydroxyl groups excluding tert-OH is 1. The van der Waals surface area contributed by atoms with Crippen molar-refractivity contribution in [1.29, 1.82) is 0 Å². The zero-order valence-electron chi connectivity index (χ0n) is 17.2. The summed E-state index contributed by atoms with van der Waals surface area (Å²) in [7, 11) is 1.50. The van der Waals surface area contributed by atoms with Gasteiger partial charge in [-0.3, -0.25) is 4.79 Å². The maximum absolute atomic E-state index is 11.2. The second kappa shape index (κ2) is 11.2. The first-order valence-corrected chi connectivity index (χ1v) is 9.89. The fourth-order valence-electron chi connectivity index (χ4n) is 3.32. The number of esters is 1. The van der Waals surface area contributed by atoms with E-state index in [1.807, 2.05) is 60.7 Å². The van der Waals surface area contributed by atoms with Crippen molar-refractivity contribution >= 4 is 5.97 Å². The number of benzene rings is 2. The first-order valence-electron chi connectivity index (χ1n) is 9.89. The minimum absolute atomic E-state index is 0.104. The summed E-state index contributed by atoms with van der Waals surface area (Å²) in [6.07, 6.45) is -4.08. The number of carbonyl (C=O) groups excluding carboxylic acids is 1. The number of aliphatic hydroxyl groups is 1. The highest BCUT2D eigenvalue weighted by atomic mass is 16.7. The molecule has 1 saturated heterocycles. The van der Waals surface area contributed by atoms with Crippen molar-refractivity contribution in [1.82, 2.24) is 0 Å². The molecule has 1 aliphatic rings. The molecule has 30 heavy (non-hydrogen) atoms. The summed E-state index contributed by atoms with van der Waals surface area (Å²) in [5.41, 5.74) is 1.94. The fourth-order valence-corrected chi connectivity index (χ4v) is 3.32. The van der Waals surface area contributed by atoms with Crippen molar-refractivity contribution in [3.8, 4) is 0 Å². The van der Waals surface area contributed by atoms with Crippen LogP contribution in [0.2, 0.25) is 0 Å². The third-order valence-corrected chi connectivity index (χ3v) is 4.87. The molecule has 0 amide bonds. The number of methoxy groups -OCH3 is 1. The van der Waals surface area contributed by atoms with Gasteiger partial charge >= 0.3 is 5.97 Å². The number of hydrogen-bond donors (Lipinski definition) is 1. The molecule has 2 aromatic carbocycles. The molecule has 0 aliphatic carbocycles. The van der Waals surface area contributed by atoms with Gasteiger partial charge in [0, 0.05) is 14.0 Å². The molecule has 5 atom stereocenters. The monoisotopic (exact) mass is 416 g/mol. The van der Waals surface area contributed by atoms with Gasteiger partial charge in [0.2, 0.25) is 0 Å². The molecule has 1 N–H and O–H groups in total. The van der Waals surface area contributed by atoms with Crippen molar-refractivity contribution in [2.75, 3.05) is 13.7 Å².